The largest absolute Gasteiger partial charge is 0.497 e. The minimum Gasteiger partial charge on any atom is -0.497 e. The van der Waals surface area contributed by atoms with Gasteiger partial charge in [-0.2, -0.15) is 13.2 Å². The lowest BCUT2D eigenvalue weighted by Gasteiger charge is -2.24. The molecule has 8 nitrogen and oxygen atoms in total. The molecule has 0 aliphatic carbocycles. The Labute approximate surface area is 189 Å². The highest BCUT2D eigenvalue weighted by Crippen LogP contribution is 2.26. The molecular formula is C22H28F3N3O5. The van der Waals surface area contributed by atoms with Gasteiger partial charge in [-0.05, 0) is 35.7 Å². The summed E-state index contributed by atoms with van der Waals surface area (Å²) < 4.78 is 44.8. The van der Waals surface area contributed by atoms with E-state index in [9.17, 15) is 18.0 Å². The molecule has 2 N–H and O–H groups in total. The van der Waals surface area contributed by atoms with Crippen molar-refractivity contribution in [1.82, 2.24) is 14.8 Å². The molecule has 2 aromatic rings. The van der Waals surface area contributed by atoms with Crippen LogP contribution in [0.1, 0.15) is 17.7 Å². The number of carbonyl (C=O) groups is 2. The molecule has 1 aromatic carbocycles. The fourth-order valence-corrected chi connectivity index (χ4v) is 3.60. The molecule has 0 bridgehead atoms. The number of benzene rings is 1. The van der Waals surface area contributed by atoms with Crippen molar-refractivity contribution in [2.75, 3.05) is 27.8 Å². The van der Waals surface area contributed by atoms with Crippen LogP contribution in [0.2, 0.25) is 0 Å². The number of aliphatic carboxylic acids is 1. The minimum absolute atomic E-state index is 0.0913. The second kappa shape index (κ2) is 11.6. The number of nitrogens with one attached hydrogen (secondary N) is 1. The maximum Gasteiger partial charge on any atom is 0.490 e. The van der Waals surface area contributed by atoms with Crippen molar-refractivity contribution in [2.45, 2.75) is 32.2 Å². The first-order valence-corrected chi connectivity index (χ1v) is 10.1. The maximum absolute atomic E-state index is 11.9. The highest BCUT2D eigenvalue weighted by Gasteiger charge is 2.38. The number of nitrogens with zero attached hydrogens (tertiary/aromatic N) is 2. The zero-order valence-electron chi connectivity index (χ0n) is 18.7. The van der Waals surface area contributed by atoms with Gasteiger partial charge in [0, 0.05) is 57.6 Å². The van der Waals surface area contributed by atoms with Crippen molar-refractivity contribution in [2.24, 2.45) is 5.92 Å². The van der Waals surface area contributed by atoms with Crippen LogP contribution in [0.25, 0.3) is 0 Å². The van der Waals surface area contributed by atoms with Crippen LogP contribution >= 0.6 is 0 Å². The van der Waals surface area contributed by atoms with Crippen LogP contribution in [-0.4, -0.2) is 60.4 Å². The number of rotatable bonds is 6. The number of hydrogen-bond acceptors (Lipinski definition) is 5. The van der Waals surface area contributed by atoms with E-state index in [0.717, 1.165) is 43.2 Å². The highest BCUT2D eigenvalue weighted by molar-refractivity contribution is 5.75. The first kappa shape index (κ1) is 26.0. The number of carboxylic acid groups (broad SMARTS) is 1. The van der Waals surface area contributed by atoms with Gasteiger partial charge >= 0.3 is 12.1 Å². The van der Waals surface area contributed by atoms with Crippen molar-refractivity contribution in [3.8, 4) is 11.5 Å². The van der Waals surface area contributed by atoms with Gasteiger partial charge in [-0.3, -0.25) is 9.69 Å². The maximum atomic E-state index is 11.9. The van der Waals surface area contributed by atoms with E-state index >= 15 is 0 Å². The molecule has 182 valence electrons. The Morgan fingerprint density at radius 2 is 1.76 bits per heavy atom. The van der Waals surface area contributed by atoms with Crippen molar-refractivity contribution in [3.05, 3.63) is 47.8 Å². The van der Waals surface area contributed by atoms with Gasteiger partial charge in [0.2, 0.25) is 5.91 Å². The molecule has 11 heteroatoms. The molecule has 1 unspecified atom stereocenters. The molecule has 3 rings (SSSR count). The molecule has 0 spiro atoms. The summed E-state index contributed by atoms with van der Waals surface area (Å²) in [5, 5.41) is 9.87. The summed E-state index contributed by atoms with van der Waals surface area (Å²) in [5.41, 5.74) is 2.42. The van der Waals surface area contributed by atoms with E-state index in [-0.39, 0.29) is 11.8 Å². The third-order valence-electron chi connectivity index (χ3n) is 5.09. The average Bonchev–Trinajstić information content (AvgIpc) is 3.12. The summed E-state index contributed by atoms with van der Waals surface area (Å²) in [6, 6.07) is 10.2. The van der Waals surface area contributed by atoms with Crippen molar-refractivity contribution in [1.29, 1.82) is 0 Å². The third-order valence-corrected chi connectivity index (χ3v) is 5.09. The van der Waals surface area contributed by atoms with E-state index in [4.69, 9.17) is 19.4 Å². The fraction of sp³-hybridized carbons (Fsp3) is 0.455. The van der Waals surface area contributed by atoms with Gasteiger partial charge in [-0.15, -0.1) is 0 Å². The van der Waals surface area contributed by atoms with E-state index < -0.39 is 12.1 Å². The molecule has 0 saturated heterocycles. The second-order valence-electron chi connectivity index (χ2n) is 7.59. The number of amides is 1. The van der Waals surface area contributed by atoms with Crippen LogP contribution in [0.15, 0.2) is 36.5 Å². The summed E-state index contributed by atoms with van der Waals surface area (Å²) in [5.74, 6) is -0.809. The Bertz CT molecular complexity index is 923. The van der Waals surface area contributed by atoms with E-state index in [1.807, 2.05) is 18.2 Å². The van der Waals surface area contributed by atoms with Crippen LogP contribution in [0.5, 0.6) is 11.5 Å². The second-order valence-corrected chi connectivity index (χ2v) is 7.59. The number of carbonyl (C=O) groups excluding carboxylic acids is 1. The lowest BCUT2D eigenvalue weighted by Crippen LogP contribution is -2.31. The van der Waals surface area contributed by atoms with Gasteiger partial charge < -0.3 is 24.5 Å². The molecule has 1 atom stereocenters. The first-order chi connectivity index (χ1) is 15.5. The Hall–Kier alpha value is -3.21. The SMILES string of the molecule is CNC(=O)CC1CN(Cc2cc(OC)cc(OC)c2)Cc2cccn2C1.O=C(O)C(F)(F)F. The molecule has 0 saturated carbocycles. The number of fused-ring (bicyclic) bond motifs is 1. The van der Waals surface area contributed by atoms with Gasteiger partial charge in [-0.1, -0.05) is 0 Å². The van der Waals surface area contributed by atoms with Gasteiger partial charge in [0.05, 0.1) is 14.2 Å². The van der Waals surface area contributed by atoms with Gasteiger partial charge in [0.25, 0.3) is 0 Å². The van der Waals surface area contributed by atoms with E-state index in [1.54, 1.807) is 21.3 Å². The molecule has 1 aromatic heterocycles. The van der Waals surface area contributed by atoms with Crippen molar-refractivity contribution < 1.29 is 37.3 Å². The minimum atomic E-state index is -5.08. The Morgan fingerprint density at radius 1 is 1.15 bits per heavy atom. The van der Waals surface area contributed by atoms with Crippen LogP contribution in [-0.2, 0) is 29.2 Å². The standard InChI is InChI=1S/C20H27N3O3.C2HF3O2/c1-21-20(24)9-16-12-22(14-17-5-4-6-23(17)13-16)11-15-7-18(25-2)10-19(8-15)26-3;3-2(4,5)1(6)7/h4-8,10,16H,9,11-14H2,1-3H3,(H,21,24);(H,6,7). The molecule has 1 aliphatic rings. The first-order valence-electron chi connectivity index (χ1n) is 10.1. The Morgan fingerprint density at radius 3 is 2.27 bits per heavy atom. The lowest BCUT2D eigenvalue weighted by atomic mass is 10.0. The van der Waals surface area contributed by atoms with Gasteiger partial charge in [0.1, 0.15) is 11.5 Å². The van der Waals surface area contributed by atoms with E-state index in [2.05, 4.69) is 33.1 Å². The highest BCUT2D eigenvalue weighted by atomic mass is 19.4. The van der Waals surface area contributed by atoms with E-state index in [1.165, 1.54) is 5.69 Å². The quantitative estimate of drug-likeness (QED) is 0.673. The molecule has 2 heterocycles. The van der Waals surface area contributed by atoms with Crippen LogP contribution in [0, 0.1) is 5.92 Å². The van der Waals surface area contributed by atoms with Crippen molar-refractivity contribution in [3.63, 3.8) is 0 Å². The topological polar surface area (TPSA) is 93.0 Å². The Balaban J connectivity index is 0.000000479. The predicted molar refractivity (Wildman–Crippen MR) is 114 cm³/mol. The third kappa shape index (κ3) is 8.01. The number of carboxylic acids is 1. The predicted octanol–water partition coefficient (Wildman–Crippen LogP) is 2.91. The number of alkyl halides is 3. The lowest BCUT2D eigenvalue weighted by molar-refractivity contribution is -0.192. The molecule has 33 heavy (non-hydrogen) atoms. The zero-order chi connectivity index (χ0) is 24.6. The number of aromatic nitrogens is 1. The number of methoxy groups -OCH3 is 2. The van der Waals surface area contributed by atoms with Crippen molar-refractivity contribution >= 4 is 11.9 Å². The summed E-state index contributed by atoms with van der Waals surface area (Å²) in [6.07, 6.45) is -2.45. The Kier molecular flexibility index (Phi) is 9.15. The molecule has 0 fully saturated rings. The van der Waals surface area contributed by atoms with E-state index in [0.29, 0.717) is 6.42 Å². The summed E-state index contributed by atoms with van der Waals surface area (Å²) in [7, 11) is 5.02. The number of ether oxygens (including phenoxy) is 2. The smallest absolute Gasteiger partial charge is 0.490 e. The zero-order valence-corrected chi connectivity index (χ0v) is 18.7. The van der Waals surface area contributed by atoms with Crippen LogP contribution in [0.3, 0.4) is 0 Å². The molecular weight excluding hydrogens is 443 g/mol. The number of hydrogen-bond donors (Lipinski definition) is 2. The fourth-order valence-electron chi connectivity index (χ4n) is 3.60. The van der Waals surface area contributed by atoms with Crippen LogP contribution in [0.4, 0.5) is 13.2 Å². The van der Waals surface area contributed by atoms with Crippen LogP contribution < -0.4 is 14.8 Å². The normalized spacial score (nSPS) is 16.0. The summed E-state index contributed by atoms with van der Waals surface area (Å²) >= 11 is 0. The van der Waals surface area contributed by atoms with Gasteiger partial charge in [-0.25, -0.2) is 4.79 Å². The molecule has 0 radical (unpaired) electrons. The monoisotopic (exact) mass is 471 g/mol. The number of halogens is 3. The average molecular weight is 471 g/mol. The molecule has 1 aliphatic heterocycles. The molecule has 1 amide bonds. The summed E-state index contributed by atoms with van der Waals surface area (Å²) in [6.45, 7) is 3.38. The van der Waals surface area contributed by atoms with Gasteiger partial charge in [0.15, 0.2) is 0 Å². The summed E-state index contributed by atoms with van der Waals surface area (Å²) in [4.78, 5) is 23.2.